The van der Waals surface area contributed by atoms with Gasteiger partial charge in [-0.05, 0) is 24.1 Å². The van der Waals surface area contributed by atoms with E-state index in [0.717, 1.165) is 6.42 Å². The van der Waals surface area contributed by atoms with Gasteiger partial charge in [0, 0.05) is 30.7 Å². The summed E-state index contributed by atoms with van der Waals surface area (Å²) in [6.45, 7) is 0.738. The SMILES string of the molecule is Cn1cc(CCNC(=O)Cn2nccc2N)c2ccccc21. The van der Waals surface area contributed by atoms with Crippen molar-refractivity contribution in [1.29, 1.82) is 0 Å². The summed E-state index contributed by atoms with van der Waals surface area (Å²) in [5.41, 5.74) is 8.13. The standard InChI is InChI=1S/C16H19N5O/c1-20-10-12(13-4-2-3-5-14(13)20)6-8-18-16(22)11-21-15(17)7-9-19-21/h2-5,7,9-10H,6,8,11,17H2,1H3,(H,18,22). The molecule has 0 fully saturated rings. The van der Waals surface area contributed by atoms with E-state index < -0.39 is 0 Å². The molecule has 0 atom stereocenters. The summed E-state index contributed by atoms with van der Waals surface area (Å²) >= 11 is 0. The van der Waals surface area contributed by atoms with Crippen LogP contribution in [0.1, 0.15) is 5.56 Å². The van der Waals surface area contributed by atoms with Crippen molar-refractivity contribution in [3.8, 4) is 0 Å². The molecule has 1 amide bonds. The van der Waals surface area contributed by atoms with Crippen molar-refractivity contribution >= 4 is 22.6 Å². The van der Waals surface area contributed by atoms with Gasteiger partial charge in [0.05, 0.1) is 6.20 Å². The number of rotatable bonds is 5. The number of benzene rings is 1. The van der Waals surface area contributed by atoms with Gasteiger partial charge in [-0.15, -0.1) is 0 Å². The van der Waals surface area contributed by atoms with Crippen LogP contribution in [0.3, 0.4) is 0 Å². The van der Waals surface area contributed by atoms with E-state index in [1.807, 2.05) is 19.2 Å². The quantitative estimate of drug-likeness (QED) is 0.745. The normalized spacial score (nSPS) is 11.0. The highest BCUT2D eigenvalue weighted by Crippen LogP contribution is 2.20. The van der Waals surface area contributed by atoms with Gasteiger partial charge >= 0.3 is 0 Å². The van der Waals surface area contributed by atoms with Crippen molar-refractivity contribution in [2.45, 2.75) is 13.0 Å². The number of amides is 1. The number of nitrogens with zero attached hydrogens (tertiary/aromatic N) is 3. The summed E-state index contributed by atoms with van der Waals surface area (Å²) in [5.74, 6) is 0.403. The van der Waals surface area contributed by atoms with Crippen LogP contribution in [0.25, 0.3) is 10.9 Å². The van der Waals surface area contributed by atoms with Crippen molar-refractivity contribution in [2.75, 3.05) is 12.3 Å². The molecule has 3 N–H and O–H groups in total. The van der Waals surface area contributed by atoms with Gasteiger partial charge < -0.3 is 15.6 Å². The molecule has 6 heteroatoms. The molecule has 0 aliphatic rings. The highest BCUT2D eigenvalue weighted by molar-refractivity contribution is 5.84. The Balaban J connectivity index is 1.58. The number of nitrogens with one attached hydrogen (secondary N) is 1. The molecule has 2 aromatic heterocycles. The molecule has 0 radical (unpaired) electrons. The molecular formula is C16H19N5O. The first-order valence-electron chi connectivity index (χ1n) is 7.22. The van der Waals surface area contributed by atoms with Crippen molar-refractivity contribution in [1.82, 2.24) is 19.7 Å². The first-order valence-corrected chi connectivity index (χ1v) is 7.22. The Morgan fingerprint density at radius 3 is 2.91 bits per heavy atom. The Hall–Kier alpha value is -2.76. The number of para-hydroxylation sites is 1. The van der Waals surface area contributed by atoms with E-state index >= 15 is 0 Å². The van der Waals surface area contributed by atoms with E-state index in [1.54, 1.807) is 12.3 Å². The Morgan fingerprint density at radius 2 is 2.14 bits per heavy atom. The lowest BCUT2D eigenvalue weighted by molar-refractivity contribution is -0.121. The van der Waals surface area contributed by atoms with E-state index in [9.17, 15) is 4.79 Å². The number of aryl methyl sites for hydroxylation is 1. The number of carbonyl (C=O) groups excluding carboxylic acids is 1. The molecule has 114 valence electrons. The highest BCUT2D eigenvalue weighted by atomic mass is 16.2. The number of hydrogen-bond acceptors (Lipinski definition) is 3. The molecule has 22 heavy (non-hydrogen) atoms. The number of fused-ring (bicyclic) bond motifs is 1. The van der Waals surface area contributed by atoms with Gasteiger partial charge in [-0.2, -0.15) is 5.10 Å². The summed E-state index contributed by atoms with van der Waals surface area (Å²) in [4.78, 5) is 11.9. The van der Waals surface area contributed by atoms with Crippen molar-refractivity contribution in [3.63, 3.8) is 0 Å². The average molecular weight is 297 g/mol. The lowest BCUT2D eigenvalue weighted by Gasteiger charge is -2.06. The molecule has 1 aromatic carbocycles. The van der Waals surface area contributed by atoms with Gasteiger partial charge in [0.25, 0.3) is 0 Å². The first-order chi connectivity index (χ1) is 10.6. The van der Waals surface area contributed by atoms with Crippen LogP contribution in [-0.4, -0.2) is 26.8 Å². The Bertz CT molecular complexity index is 802. The summed E-state index contributed by atoms with van der Waals surface area (Å²) < 4.78 is 3.59. The first kappa shape index (κ1) is 14.2. The van der Waals surface area contributed by atoms with Crippen LogP contribution in [0.5, 0.6) is 0 Å². The van der Waals surface area contributed by atoms with E-state index in [0.29, 0.717) is 12.4 Å². The summed E-state index contributed by atoms with van der Waals surface area (Å²) in [6, 6.07) is 9.94. The van der Waals surface area contributed by atoms with Crippen LogP contribution in [-0.2, 0) is 24.8 Å². The number of nitrogens with two attached hydrogens (primary N) is 1. The fourth-order valence-corrected chi connectivity index (χ4v) is 2.63. The average Bonchev–Trinajstić information content (AvgIpc) is 3.04. The largest absolute Gasteiger partial charge is 0.384 e. The molecule has 0 aliphatic carbocycles. The Morgan fingerprint density at radius 1 is 1.32 bits per heavy atom. The van der Waals surface area contributed by atoms with E-state index in [-0.39, 0.29) is 12.5 Å². The zero-order valence-electron chi connectivity index (χ0n) is 12.5. The molecule has 0 saturated heterocycles. The fourth-order valence-electron chi connectivity index (χ4n) is 2.63. The maximum Gasteiger partial charge on any atom is 0.241 e. The zero-order valence-corrected chi connectivity index (χ0v) is 12.5. The van der Waals surface area contributed by atoms with E-state index in [1.165, 1.54) is 21.1 Å². The number of aromatic nitrogens is 3. The topological polar surface area (TPSA) is 77.9 Å². The number of hydrogen-bond donors (Lipinski definition) is 2. The van der Waals surface area contributed by atoms with Crippen LogP contribution in [0.2, 0.25) is 0 Å². The summed E-state index contributed by atoms with van der Waals surface area (Å²) in [6.07, 6.45) is 4.49. The predicted molar refractivity (Wildman–Crippen MR) is 86.3 cm³/mol. The molecule has 0 bridgehead atoms. The predicted octanol–water partition coefficient (Wildman–Crippen LogP) is 1.32. The maximum atomic E-state index is 11.9. The number of anilines is 1. The summed E-state index contributed by atoms with van der Waals surface area (Å²) in [5, 5.41) is 8.13. The number of carbonyl (C=O) groups is 1. The van der Waals surface area contributed by atoms with E-state index in [2.05, 4.69) is 33.3 Å². The molecule has 0 unspecified atom stereocenters. The molecule has 2 heterocycles. The van der Waals surface area contributed by atoms with Crippen molar-refractivity contribution in [3.05, 3.63) is 48.3 Å². The van der Waals surface area contributed by atoms with Gasteiger partial charge in [-0.25, -0.2) is 4.68 Å². The van der Waals surface area contributed by atoms with Crippen molar-refractivity contribution in [2.24, 2.45) is 7.05 Å². The Labute approximate surface area is 128 Å². The molecule has 3 rings (SSSR count). The molecule has 6 nitrogen and oxygen atoms in total. The zero-order chi connectivity index (χ0) is 15.5. The van der Waals surface area contributed by atoms with Gasteiger partial charge in [-0.1, -0.05) is 18.2 Å². The van der Waals surface area contributed by atoms with Crippen molar-refractivity contribution < 1.29 is 4.79 Å². The molecule has 0 aliphatic heterocycles. The summed E-state index contributed by atoms with van der Waals surface area (Å²) in [7, 11) is 2.03. The maximum absolute atomic E-state index is 11.9. The van der Waals surface area contributed by atoms with Gasteiger partial charge in [0.2, 0.25) is 5.91 Å². The van der Waals surface area contributed by atoms with Gasteiger partial charge in [-0.3, -0.25) is 4.79 Å². The van der Waals surface area contributed by atoms with Crippen LogP contribution < -0.4 is 11.1 Å². The number of nitrogen functional groups attached to an aromatic ring is 1. The minimum absolute atomic E-state index is 0.0874. The monoisotopic (exact) mass is 297 g/mol. The smallest absolute Gasteiger partial charge is 0.241 e. The van der Waals surface area contributed by atoms with Gasteiger partial charge in [0.1, 0.15) is 12.4 Å². The second-order valence-corrected chi connectivity index (χ2v) is 5.30. The van der Waals surface area contributed by atoms with Crippen LogP contribution in [0.4, 0.5) is 5.82 Å². The van der Waals surface area contributed by atoms with Crippen LogP contribution >= 0.6 is 0 Å². The lowest BCUT2D eigenvalue weighted by atomic mass is 10.1. The molecular weight excluding hydrogens is 278 g/mol. The molecule has 3 aromatic rings. The molecule has 0 saturated carbocycles. The van der Waals surface area contributed by atoms with Gasteiger partial charge in [0.15, 0.2) is 0 Å². The Kier molecular flexibility index (Phi) is 3.82. The van der Waals surface area contributed by atoms with E-state index in [4.69, 9.17) is 5.73 Å². The highest BCUT2D eigenvalue weighted by Gasteiger charge is 2.08. The second-order valence-electron chi connectivity index (χ2n) is 5.30. The third-order valence-corrected chi connectivity index (χ3v) is 3.74. The molecule has 0 spiro atoms. The van der Waals surface area contributed by atoms with Crippen LogP contribution in [0, 0.1) is 0 Å². The fraction of sp³-hybridized carbons (Fsp3) is 0.250. The minimum Gasteiger partial charge on any atom is -0.384 e. The lowest BCUT2D eigenvalue weighted by Crippen LogP contribution is -2.30. The second kappa shape index (κ2) is 5.93. The van der Waals surface area contributed by atoms with Crippen LogP contribution in [0.15, 0.2) is 42.7 Å². The minimum atomic E-state index is -0.0874. The third kappa shape index (κ3) is 2.81. The third-order valence-electron chi connectivity index (χ3n) is 3.74.